The molecule has 6 atom stereocenters. The first kappa shape index (κ1) is 25.9. The molecule has 0 aliphatic heterocycles. The number of nitrogens with one attached hydrogen (secondary N) is 1. The predicted molar refractivity (Wildman–Crippen MR) is 144 cm³/mol. The monoisotopic (exact) mass is 504 g/mol. The van der Waals surface area contributed by atoms with Crippen LogP contribution in [0.3, 0.4) is 0 Å². The van der Waals surface area contributed by atoms with Crippen molar-refractivity contribution in [1.29, 1.82) is 0 Å². The molecule has 0 bridgehead atoms. The number of allylic oxidation sites excluding steroid dienone is 2. The molecule has 3 fully saturated rings. The Bertz CT molecular complexity index is 1130. The summed E-state index contributed by atoms with van der Waals surface area (Å²) in [5, 5.41) is 27.7. The number of rotatable bonds is 6. The molecule has 1 aromatic carbocycles. The molecule has 1 amide bonds. The second-order valence-electron chi connectivity index (χ2n) is 12.1. The van der Waals surface area contributed by atoms with Gasteiger partial charge >= 0.3 is 0 Å². The highest BCUT2D eigenvalue weighted by Gasteiger charge is 2.63. The van der Waals surface area contributed by atoms with E-state index < -0.39 is 5.60 Å². The lowest BCUT2D eigenvalue weighted by Gasteiger charge is -2.58. The van der Waals surface area contributed by atoms with Gasteiger partial charge in [-0.25, -0.2) is 0 Å². The fourth-order valence-electron chi connectivity index (χ4n) is 8.13. The SMILES string of the molecule is C#C[C@@]1(O)CCC2C3CCC4=C/C(=N\OCC(=O)NCCc5ccc(O)cc5)CC[C@]4(C)C3CC[C@@]21C. The second kappa shape index (κ2) is 9.83. The first-order chi connectivity index (χ1) is 17.7. The van der Waals surface area contributed by atoms with Crippen LogP contribution >= 0.6 is 0 Å². The molecule has 0 saturated heterocycles. The Morgan fingerprint density at radius 1 is 1.14 bits per heavy atom. The number of benzene rings is 1. The molecule has 4 aliphatic carbocycles. The minimum absolute atomic E-state index is 0.0947. The van der Waals surface area contributed by atoms with Crippen molar-refractivity contribution in [2.75, 3.05) is 13.2 Å². The number of phenols is 1. The maximum atomic E-state index is 12.2. The molecule has 0 heterocycles. The Kier molecular flexibility index (Phi) is 6.87. The van der Waals surface area contributed by atoms with E-state index in [1.807, 2.05) is 12.1 Å². The molecule has 3 saturated carbocycles. The summed E-state index contributed by atoms with van der Waals surface area (Å²) in [5.41, 5.74) is 2.47. The maximum Gasteiger partial charge on any atom is 0.260 e. The van der Waals surface area contributed by atoms with Crippen molar-refractivity contribution in [1.82, 2.24) is 5.32 Å². The van der Waals surface area contributed by atoms with Gasteiger partial charge in [0.2, 0.25) is 0 Å². The molecule has 3 unspecified atom stereocenters. The number of oxime groups is 1. The third-order valence-corrected chi connectivity index (χ3v) is 10.4. The van der Waals surface area contributed by atoms with E-state index in [-0.39, 0.29) is 29.1 Å². The predicted octanol–water partition coefficient (Wildman–Crippen LogP) is 4.75. The van der Waals surface area contributed by atoms with Crippen molar-refractivity contribution in [3.63, 3.8) is 0 Å². The van der Waals surface area contributed by atoms with Crippen LogP contribution in [0.25, 0.3) is 0 Å². The lowest BCUT2D eigenvalue weighted by atomic mass is 9.46. The summed E-state index contributed by atoms with van der Waals surface area (Å²) >= 11 is 0. The Labute approximate surface area is 220 Å². The van der Waals surface area contributed by atoms with Gasteiger partial charge in [0.15, 0.2) is 6.61 Å². The summed E-state index contributed by atoms with van der Waals surface area (Å²) in [6, 6.07) is 6.98. The number of hydrogen-bond donors (Lipinski definition) is 3. The largest absolute Gasteiger partial charge is 0.508 e. The molecule has 0 spiro atoms. The van der Waals surface area contributed by atoms with Crippen LogP contribution in [-0.4, -0.2) is 40.6 Å². The van der Waals surface area contributed by atoms with Crippen molar-refractivity contribution in [3.05, 3.63) is 41.5 Å². The number of hydrogen-bond acceptors (Lipinski definition) is 5. The van der Waals surface area contributed by atoms with Gasteiger partial charge in [0.25, 0.3) is 5.91 Å². The first-order valence-electron chi connectivity index (χ1n) is 13.8. The van der Waals surface area contributed by atoms with Crippen LogP contribution in [0.15, 0.2) is 41.1 Å². The zero-order valence-electron chi connectivity index (χ0n) is 22.1. The smallest absolute Gasteiger partial charge is 0.260 e. The first-order valence-corrected chi connectivity index (χ1v) is 13.8. The van der Waals surface area contributed by atoms with E-state index >= 15 is 0 Å². The van der Waals surface area contributed by atoms with E-state index in [4.69, 9.17) is 11.3 Å². The van der Waals surface area contributed by atoms with Gasteiger partial charge in [-0.05, 0) is 105 Å². The number of fused-ring (bicyclic) bond motifs is 5. The Hall–Kier alpha value is -2.78. The lowest BCUT2D eigenvalue weighted by molar-refractivity contribution is -0.125. The number of aliphatic hydroxyl groups is 1. The molecule has 1 aromatic rings. The highest BCUT2D eigenvalue weighted by Crippen LogP contribution is 2.67. The van der Waals surface area contributed by atoms with Crippen LogP contribution in [0.4, 0.5) is 0 Å². The molecule has 0 radical (unpaired) electrons. The Balaban J connectivity index is 1.16. The zero-order valence-corrected chi connectivity index (χ0v) is 22.1. The topological polar surface area (TPSA) is 91.2 Å². The molecular formula is C31H40N2O4. The average molecular weight is 505 g/mol. The summed E-state index contributed by atoms with van der Waals surface area (Å²) in [6.45, 7) is 5.08. The van der Waals surface area contributed by atoms with E-state index in [9.17, 15) is 15.0 Å². The molecule has 198 valence electrons. The minimum atomic E-state index is -0.957. The van der Waals surface area contributed by atoms with E-state index in [0.29, 0.717) is 30.7 Å². The molecule has 4 aliphatic rings. The number of carbonyl (C=O) groups excluding carboxylic acids is 1. The van der Waals surface area contributed by atoms with Crippen molar-refractivity contribution < 1.29 is 19.8 Å². The molecule has 0 aromatic heterocycles. The summed E-state index contributed by atoms with van der Waals surface area (Å²) in [6.07, 6.45) is 16.7. The standard InChI is InChI=1S/C31H40N2O4/c1-4-31(36)17-13-27-25-10-7-22-19-23(11-15-29(22,2)26(25)12-16-30(27,31)3)33-37-20-28(35)32-18-14-21-5-8-24(34)9-6-21/h1,5-6,8-9,19,25-27,34,36H,7,10-18,20H2,2-3H3,(H,32,35)/b33-23-/t25?,26?,27?,29-,30-,31+/m0/s1. The number of nitrogens with zero attached hydrogens (tertiary/aromatic N) is 1. The highest BCUT2D eigenvalue weighted by atomic mass is 16.6. The van der Waals surface area contributed by atoms with Gasteiger partial charge in [-0.15, -0.1) is 6.42 Å². The third kappa shape index (κ3) is 4.56. The van der Waals surface area contributed by atoms with E-state index in [1.165, 1.54) is 5.57 Å². The average Bonchev–Trinajstić information content (AvgIpc) is 3.16. The van der Waals surface area contributed by atoms with Gasteiger partial charge in [-0.3, -0.25) is 4.79 Å². The molecule has 3 N–H and O–H groups in total. The van der Waals surface area contributed by atoms with Crippen molar-refractivity contribution >= 4 is 11.6 Å². The maximum absolute atomic E-state index is 12.2. The fraction of sp³-hybridized carbons (Fsp3) is 0.613. The Morgan fingerprint density at radius 2 is 1.89 bits per heavy atom. The van der Waals surface area contributed by atoms with Crippen LogP contribution in [-0.2, 0) is 16.1 Å². The summed E-state index contributed by atoms with van der Waals surface area (Å²) in [5.74, 6) is 4.55. The summed E-state index contributed by atoms with van der Waals surface area (Å²) in [7, 11) is 0. The van der Waals surface area contributed by atoms with E-state index in [1.54, 1.807) is 12.1 Å². The number of carbonyl (C=O) groups is 1. The van der Waals surface area contributed by atoms with Crippen LogP contribution in [0.1, 0.15) is 70.8 Å². The van der Waals surface area contributed by atoms with Crippen LogP contribution in [0.5, 0.6) is 5.75 Å². The third-order valence-electron chi connectivity index (χ3n) is 10.4. The zero-order chi connectivity index (χ0) is 26.3. The van der Waals surface area contributed by atoms with Gasteiger partial charge in [0, 0.05) is 12.0 Å². The van der Waals surface area contributed by atoms with E-state index in [2.05, 4.69) is 36.3 Å². The minimum Gasteiger partial charge on any atom is -0.508 e. The number of aromatic hydroxyl groups is 1. The number of phenolic OH excluding ortho intramolecular Hbond substituents is 1. The second-order valence-corrected chi connectivity index (χ2v) is 12.1. The fourth-order valence-corrected chi connectivity index (χ4v) is 8.13. The molecule has 6 nitrogen and oxygen atoms in total. The Morgan fingerprint density at radius 3 is 2.65 bits per heavy atom. The summed E-state index contributed by atoms with van der Waals surface area (Å²) < 4.78 is 0. The quantitative estimate of drug-likeness (QED) is 0.385. The molecular weight excluding hydrogens is 464 g/mol. The lowest BCUT2D eigenvalue weighted by Crippen LogP contribution is -2.54. The van der Waals surface area contributed by atoms with Gasteiger partial charge < -0.3 is 20.4 Å². The molecule has 37 heavy (non-hydrogen) atoms. The van der Waals surface area contributed by atoms with Crippen LogP contribution in [0, 0.1) is 40.9 Å². The van der Waals surface area contributed by atoms with Gasteiger partial charge in [-0.2, -0.15) is 0 Å². The van der Waals surface area contributed by atoms with Gasteiger partial charge in [-0.1, -0.05) is 42.6 Å². The van der Waals surface area contributed by atoms with Crippen molar-refractivity contribution in [3.8, 4) is 18.1 Å². The van der Waals surface area contributed by atoms with Crippen molar-refractivity contribution in [2.45, 2.75) is 77.2 Å². The van der Waals surface area contributed by atoms with Crippen LogP contribution < -0.4 is 5.32 Å². The van der Waals surface area contributed by atoms with E-state index in [0.717, 1.165) is 62.6 Å². The van der Waals surface area contributed by atoms with Crippen molar-refractivity contribution in [2.24, 2.45) is 33.7 Å². The van der Waals surface area contributed by atoms with Gasteiger partial charge in [0.05, 0.1) is 5.71 Å². The van der Waals surface area contributed by atoms with Gasteiger partial charge in [0.1, 0.15) is 11.4 Å². The number of amides is 1. The normalized spacial score (nSPS) is 37.5. The molecule has 5 rings (SSSR count). The van der Waals surface area contributed by atoms with Crippen LogP contribution in [0.2, 0.25) is 0 Å². The number of terminal acetylenes is 1. The molecule has 6 heteroatoms. The summed E-state index contributed by atoms with van der Waals surface area (Å²) in [4.78, 5) is 17.6. The highest BCUT2D eigenvalue weighted by molar-refractivity contribution is 5.96.